The van der Waals surface area contributed by atoms with E-state index in [9.17, 15) is 9.59 Å². The van der Waals surface area contributed by atoms with Gasteiger partial charge in [-0.2, -0.15) is 4.98 Å². The second-order valence-corrected chi connectivity index (χ2v) is 8.67. The first-order valence-corrected chi connectivity index (χ1v) is 9.41. The van der Waals surface area contributed by atoms with E-state index in [1.54, 1.807) is 4.90 Å². The third-order valence-electron chi connectivity index (χ3n) is 6.49. The average Bonchev–Trinajstić information content (AvgIpc) is 3.10. The summed E-state index contributed by atoms with van der Waals surface area (Å²) in [6, 6.07) is 0. The van der Waals surface area contributed by atoms with Crippen LogP contribution in [-0.4, -0.2) is 39.1 Å². The van der Waals surface area contributed by atoms with Gasteiger partial charge in [0.05, 0.1) is 6.54 Å². The quantitative estimate of drug-likeness (QED) is 0.571. The summed E-state index contributed by atoms with van der Waals surface area (Å²) < 4.78 is 10.9. The largest absolute Gasteiger partial charge is 0.458 e. The fourth-order valence-corrected chi connectivity index (χ4v) is 4.35. The van der Waals surface area contributed by atoms with Crippen LogP contribution in [-0.2, 0) is 27.3 Å². The molecule has 1 saturated heterocycles. The van der Waals surface area contributed by atoms with E-state index in [1.807, 2.05) is 27.7 Å². The molecule has 2 bridgehead atoms. The summed E-state index contributed by atoms with van der Waals surface area (Å²) in [7, 11) is 0. The molecule has 2 fully saturated rings. The average molecular weight is 363 g/mol. The predicted octanol–water partition coefficient (Wildman–Crippen LogP) is 2.74. The first kappa shape index (κ1) is 18.9. The monoisotopic (exact) mass is 363 g/mol. The van der Waals surface area contributed by atoms with E-state index >= 15 is 0 Å². The van der Waals surface area contributed by atoms with Crippen LogP contribution in [0, 0.1) is 16.7 Å². The molecule has 7 nitrogen and oxygen atoms in total. The van der Waals surface area contributed by atoms with Crippen molar-refractivity contribution in [3.63, 3.8) is 0 Å². The Bertz CT molecular complexity index is 726. The summed E-state index contributed by atoms with van der Waals surface area (Å²) >= 11 is 0. The number of carbonyl (C=O) groups is 2. The zero-order chi connectivity index (χ0) is 19.3. The van der Waals surface area contributed by atoms with Crippen LogP contribution >= 0.6 is 0 Å². The molecule has 0 unspecified atom stereocenters. The van der Waals surface area contributed by atoms with Gasteiger partial charge in [-0.1, -0.05) is 32.9 Å². The molecular formula is C19H29N3O4. The maximum atomic E-state index is 13.5. The van der Waals surface area contributed by atoms with Crippen LogP contribution in [0.4, 0.5) is 0 Å². The van der Waals surface area contributed by atoms with Crippen molar-refractivity contribution in [2.24, 2.45) is 16.7 Å². The summed E-state index contributed by atoms with van der Waals surface area (Å²) in [5.41, 5.74) is -2.26. The number of aromatic nitrogens is 2. The SMILES string of the molecule is CCN(Cc1noc(CC(C)C)n1)C(=O)[C@@]12CC[C@@](C)(OC1=O)C2(C)C. The Morgan fingerprint density at radius 1 is 1.27 bits per heavy atom. The van der Waals surface area contributed by atoms with Crippen LogP contribution in [0.15, 0.2) is 4.52 Å². The maximum absolute atomic E-state index is 13.5. The molecule has 3 rings (SSSR count). The molecule has 0 radical (unpaired) electrons. The number of hydrogen-bond acceptors (Lipinski definition) is 6. The van der Waals surface area contributed by atoms with Gasteiger partial charge < -0.3 is 14.2 Å². The Balaban J connectivity index is 1.83. The van der Waals surface area contributed by atoms with Gasteiger partial charge in [0.1, 0.15) is 5.60 Å². The highest BCUT2D eigenvalue weighted by atomic mass is 16.6. The number of esters is 1. The summed E-state index contributed by atoms with van der Waals surface area (Å²) in [6.07, 6.45) is 1.93. The Morgan fingerprint density at radius 2 is 1.96 bits per heavy atom. The van der Waals surface area contributed by atoms with Crippen LogP contribution in [0.25, 0.3) is 0 Å². The second-order valence-electron chi connectivity index (χ2n) is 8.67. The van der Waals surface area contributed by atoms with Crippen molar-refractivity contribution in [2.45, 2.75) is 73.0 Å². The van der Waals surface area contributed by atoms with Crippen molar-refractivity contribution in [3.8, 4) is 0 Å². The molecule has 26 heavy (non-hydrogen) atoms. The van der Waals surface area contributed by atoms with Crippen LogP contribution in [0.2, 0.25) is 0 Å². The van der Waals surface area contributed by atoms with Crippen molar-refractivity contribution in [3.05, 3.63) is 11.7 Å². The fraction of sp³-hybridized carbons (Fsp3) is 0.789. The van der Waals surface area contributed by atoms with Crippen LogP contribution in [0.1, 0.15) is 66.1 Å². The zero-order valence-electron chi connectivity index (χ0n) is 16.6. The topological polar surface area (TPSA) is 85.5 Å². The summed E-state index contributed by atoms with van der Waals surface area (Å²) in [5, 5.41) is 4.00. The van der Waals surface area contributed by atoms with E-state index in [1.165, 1.54) is 0 Å². The number of rotatable bonds is 6. The molecule has 1 aliphatic heterocycles. The third-order valence-corrected chi connectivity index (χ3v) is 6.49. The molecule has 1 aromatic heterocycles. The van der Waals surface area contributed by atoms with E-state index in [2.05, 4.69) is 24.0 Å². The van der Waals surface area contributed by atoms with E-state index in [4.69, 9.17) is 9.26 Å². The predicted molar refractivity (Wildman–Crippen MR) is 93.9 cm³/mol. The minimum Gasteiger partial charge on any atom is -0.458 e. The van der Waals surface area contributed by atoms with Crippen molar-refractivity contribution in [1.29, 1.82) is 0 Å². The summed E-state index contributed by atoms with van der Waals surface area (Å²) in [4.78, 5) is 32.2. The highest BCUT2D eigenvalue weighted by Crippen LogP contribution is 2.66. The smallest absolute Gasteiger partial charge is 0.322 e. The first-order valence-electron chi connectivity index (χ1n) is 9.41. The number of carbonyl (C=O) groups excluding carboxylic acids is 2. The molecular weight excluding hydrogens is 334 g/mol. The lowest BCUT2D eigenvalue weighted by Gasteiger charge is -2.37. The van der Waals surface area contributed by atoms with Crippen molar-refractivity contribution in [1.82, 2.24) is 15.0 Å². The number of nitrogens with zero attached hydrogens (tertiary/aromatic N) is 3. The van der Waals surface area contributed by atoms with Gasteiger partial charge in [-0.3, -0.25) is 9.59 Å². The fourth-order valence-electron chi connectivity index (χ4n) is 4.35. The Kier molecular flexibility index (Phi) is 4.40. The normalized spacial score (nSPS) is 29.3. The molecule has 0 spiro atoms. The van der Waals surface area contributed by atoms with Gasteiger partial charge in [0.15, 0.2) is 11.2 Å². The van der Waals surface area contributed by atoms with Gasteiger partial charge in [0.25, 0.3) is 0 Å². The second kappa shape index (κ2) is 6.06. The van der Waals surface area contributed by atoms with E-state index in [-0.39, 0.29) is 12.5 Å². The number of ether oxygens (including phenoxy) is 1. The van der Waals surface area contributed by atoms with Gasteiger partial charge in [-0.15, -0.1) is 0 Å². The molecule has 1 aromatic rings. The van der Waals surface area contributed by atoms with Gasteiger partial charge in [0.2, 0.25) is 11.8 Å². The lowest BCUT2D eigenvalue weighted by molar-refractivity contribution is -0.165. The molecule has 2 atom stereocenters. The first-order chi connectivity index (χ1) is 12.1. The third kappa shape index (κ3) is 2.47. The molecule has 0 aromatic carbocycles. The van der Waals surface area contributed by atoms with Crippen molar-refractivity contribution in [2.75, 3.05) is 6.54 Å². The summed E-state index contributed by atoms with van der Waals surface area (Å²) in [6.45, 7) is 12.6. The molecule has 2 aliphatic rings. The standard InChI is InChI=1S/C19H29N3O4/c1-7-22(11-13-20-14(26-21-13)10-12(2)3)15(23)19-9-8-18(6,17(19,4)5)25-16(19)24/h12H,7-11H2,1-6H3/t18-,19+/m1/s1. The minimum absolute atomic E-state index is 0.188. The Morgan fingerprint density at radius 3 is 2.46 bits per heavy atom. The number of amides is 1. The van der Waals surface area contributed by atoms with Gasteiger partial charge >= 0.3 is 5.97 Å². The highest BCUT2D eigenvalue weighted by Gasteiger charge is 2.76. The Hall–Kier alpha value is -1.92. The van der Waals surface area contributed by atoms with E-state index < -0.39 is 22.4 Å². The van der Waals surface area contributed by atoms with Gasteiger partial charge in [-0.25, -0.2) is 0 Å². The van der Waals surface area contributed by atoms with Crippen LogP contribution < -0.4 is 0 Å². The van der Waals surface area contributed by atoms with Crippen LogP contribution in [0.3, 0.4) is 0 Å². The van der Waals surface area contributed by atoms with Crippen molar-refractivity contribution >= 4 is 11.9 Å². The highest BCUT2D eigenvalue weighted by molar-refractivity contribution is 6.06. The van der Waals surface area contributed by atoms with Gasteiger partial charge in [0, 0.05) is 18.4 Å². The maximum Gasteiger partial charge on any atom is 0.322 e. The van der Waals surface area contributed by atoms with Crippen LogP contribution in [0.5, 0.6) is 0 Å². The van der Waals surface area contributed by atoms with Gasteiger partial charge in [-0.05, 0) is 32.6 Å². The lowest BCUT2D eigenvalue weighted by Crippen LogP contribution is -2.52. The Labute approximate surface area is 154 Å². The minimum atomic E-state index is -1.12. The molecule has 1 amide bonds. The molecule has 1 aliphatic carbocycles. The number of fused-ring (bicyclic) bond motifs is 2. The molecule has 144 valence electrons. The van der Waals surface area contributed by atoms with E-state index in [0.29, 0.717) is 43.4 Å². The zero-order valence-corrected chi connectivity index (χ0v) is 16.6. The molecule has 1 saturated carbocycles. The summed E-state index contributed by atoms with van der Waals surface area (Å²) in [5.74, 6) is 0.874. The molecule has 0 N–H and O–H groups in total. The van der Waals surface area contributed by atoms with Crippen molar-refractivity contribution < 1.29 is 18.8 Å². The number of hydrogen-bond donors (Lipinski definition) is 0. The molecule has 7 heteroatoms. The lowest BCUT2D eigenvalue weighted by atomic mass is 9.65. The van der Waals surface area contributed by atoms with E-state index in [0.717, 1.165) is 0 Å². The molecule has 2 heterocycles.